The molecule has 134 heavy (non-hydrogen) atoms. The first-order valence-corrected chi connectivity index (χ1v) is 44.7. The van der Waals surface area contributed by atoms with Gasteiger partial charge in [0, 0.05) is 49.9 Å². The van der Waals surface area contributed by atoms with Crippen LogP contribution in [0.1, 0.15) is 103 Å². The summed E-state index contributed by atoms with van der Waals surface area (Å²) in [5.41, 5.74) is 6.30. The lowest BCUT2D eigenvalue weighted by molar-refractivity contribution is -0.347. The van der Waals surface area contributed by atoms with Crippen LogP contribution in [-0.2, 0) is 125 Å². The maximum Gasteiger partial charge on any atom is 0.410 e. The zero-order valence-corrected chi connectivity index (χ0v) is 75.1. The molecule has 0 bridgehead atoms. The fourth-order valence-electron chi connectivity index (χ4n) is 16.0. The van der Waals surface area contributed by atoms with Crippen LogP contribution >= 0.6 is 0 Å². The van der Waals surface area contributed by atoms with Gasteiger partial charge in [0.25, 0.3) is 0 Å². The van der Waals surface area contributed by atoms with E-state index in [0.29, 0.717) is 5.56 Å². The molecule has 29 heteroatoms. The van der Waals surface area contributed by atoms with E-state index in [4.69, 9.17) is 80.5 Å². The molecule has 8 unspecified atom stereocenters. The molecule has 0 radical (unpaired) electrons. The van der Waals surface area contributed by atoms with Crippen LogP contribution in [0.3, 0.4) is 0 Å². The molecule has 0 aromatic heterocycles. The molecule has 4 fully saturated rings. The van der Waals surface area contributed by atoms with E-state index in [1.54, 1.807) is 142 Å². The molecular formula is C105H114N2O27. The van der Waals surface area contributed by atoms with Crippen LogP contribution in [0.5, 0.6) is 0 Å². The van der Waals surface area contributed by atoms with E-state index >= 15 is 0 Å². The number of benzene rings is 10. The minimum Gasteiger partial charge on any atom is -0.467 e. The highest BCUT2D eigenvalue weighted by Gasteiger charge is 2.56. The molecule has 10 aromatic carbocycles. The van der Waals surface area contributed by atoms with Crippen molar-refractivity contribution in [3.05, 3.63) is 359 Å². The van der Waals surface area contributed by atoms with Crippen LogP contribution in [0, 0.1) is 23.7 Å². The van der Waals surface area contributed by atoms with Crippen LogP contribution in [0.4, 0.5) is 9.59 Å². The largest absolute Gasteiger partial charge is 0.467 e. The van der Waals surface area contributed by atoms with Crippen molar-refractivity contribution >= 4 is 42.0 Å². The number of hydrogen-bond acceptors (Lipinski definition) is 27. The third-order valence-corrected chi connectivity index (χ3v) is 23.5. The molecule has 20 atom stereocenters. The SMILES string of the molecule is COC(=O)C1O[C@@H](O[C@@H]2C(COCc3ccccc3)O[C@@H](OCCN(Cc3ccccc3)C(=O)OCc3ccccc3)C(OC(=O)c3ccccc3)[C@H]2C)C(OC(=O)c2ccccc2)[C@@H](C)[C@@H]1O.C[C@@H]1C(OC(=O)c2ccccc2)[C@H](O[C@@H]2C(COCc3ccccc3)O[C@@H](OCCN(Cc3ccccc3)C(=O)OCc3ccccc3)C(OC(=O)c3ccccc3)[C@H]2C)OC(CO)[C@H]1O. The molecule has 4 aliphatic rings. The Bertz CT molecular complexity index is 5230. The normalized spacial score (nSPS) is 24.8. The average molecular weight is 1840 g/mol. The molecule has 4 heterocycles. The molecule has 706 valence electrons. The lowest BCUT2D eigenvalue weighted by atomic mass is 9.88. The smallest absolute Gasteiger partial charge is 0.410 e. The second-order valence-electron chi connectivity index (χ2n) is 33.0. The van der Waals surface area contributed by atoms with Crippen molar-refractivity contribution in [1.82, 2.24) is 9.80 Å². The first-order valence-electron chi connectivity index (χ1n) is 44.7. The summed E-state index contributed by atoms with van der Waals surface area (Å²) in [6.07, 6.45) is -20.1. The second kappa shape index (κ2) is 50.6. The van der Waals surface area contributed by atoms with Gasteiger partial charge in [-0.1, -0.05) is 282 Å². The highest BCUT2D eigenvalue weighted by Crippen LogP contribution is 2.41. The molecule has 0 aliphatic carbocycles. The number of carbonyl (C=O) groups is 7. The molecule has 29 nitrogen and oxygen atoms in total. The van der Waals surface area contributed by atoms with Gasteiger partial charge in [-0.05, 0) is 81.9 Å². The third kappa shape index (κ3) is 27.9. The molecule has 14 rings (SSSR count). The Balaban J connectivity index is 0.000000227. The van der Waals surface area contributed by atoms with E-state index in [-0.39, 0.29) is 95.7 Å². The monoisotopic (exact) mass is 1830 g/mol. The molecule has 0 saturated carbocycles. The second-order valence-corrected chi connectivity index (χ2v) is 33.0. The first kappa shape index (κ1) is 99.1. The number of aliphatic hydroxyl groups excluding tert-OH is 3. The predicted octanol–water partition coefficient (Wildman–Crippen LogP) is 14.1. The van der Waals surface area contributed by atoms with Gasteiger partial charge in [-0.15, -0.1) is 0 Å². The number of rotatable bonds is 38. The number of amides is 2. The number of carbonyl (C=O) groups excluding carboxylic acids is 7. The van der Waals surface area contributed by atoms with E-state index in [1.165, 1.54) is 9.80 Å². The van der Waals surface area contributed by atoms with Gasteiger partial charge >= 0.3 is 42.0 Å². The quantitative estimate of drug-likeness (QED) is 0.0239. The Kier molecular flexibility index (Phi) is 37.4. The van der Waals surface area contributed by atoms with E-state index < -0.39 is 171 Å². The Labute approximate surface area is 778 Å². The fourth-order valence-corrected chi connectivity index (χ4v) is 16.0. The topological polar surface area (TPSA) is 344 Å². The van der Waals surface area contributed by atoms with Crippen LogP contribution in [-0.4, -0.2) is 219 Å². The fraction of sp³-hybridized carbons (Fsp3) is 0.362. The van der Waals surface area contributed by atoms with E-state index in [1.807, 2.05) is 189 Å². The van der Waals surface area contributed by atoms with Gasteiger partial charge in [-0.2, -0.15) is 0 Å². The summed E-state index contributed by atoms with van der Waals surface area (Å²) in [6, 6.07) is 90.4. The molecule has 2 amide bonds. The summed E-state index contributed by atoms with van der Waals surface area (Å²) >= 11 is 0. The van der Waals surface area contributed by atoms with Crippen molar-refractivity contribution in [2.24, 2.45) is 23.7 Å². The molecule has 10 aromatic rings. The molecule has 0 spiro atoms. The summed E-state index contributed by atoms with van der Waals surface area (Å²) in [6.45, 7) is 7.27. The van der Waals surface area contributed by atoms with Gasteiger partial charge in [0.1, 0.15) is 31.5 Å². The standard InChI is InChI=1S/C53H57NO14.C52H57NO13/c1-35-43(55)47(50(58)60-3)68-52(45(35)65-48(56)40-25-15-7-16-26-40)67-44-36(2)46(66-49(57)41-27-17-8-18-28-41)51(64-42(44)34-61-32-38-21-11-5-12-22-38)62-30-29-54(31-37-19-9-4-10-20-37)53(59)63-33-39-23-13-6-14-24-39;1-35-44(55)42(31-54)62-51(46(35)64-48(56)40-24-14-6-15-25-40)66-45-36(2)47(65-49(57)41-26-16-7-17-27-41)50(63-43(45)34-59-32-38-20-10-4-11-21-38)60-29-28-53(30-37-18-8-3-9-19-37)52(58)61-33-39-22-12-5-13-23-39/h4-28,35-36,42-47,51-52,55H,29-34H2,1-3H3;3-27,35-36,42-47,50-51,54-55H,28-34H2,1-2H3/t35-,36-,42?,43-,44-,45?,46?,47?,51+,52+;35-,36-,42?,43?,44-,45-,46?,47?,50+,51-/m00/s1. The number of esters is 5. The van der Waals surface area contributed by atoms with Crippen molar-refractivity contribution in [2.75, 3.05) is 53.2 Å². The lowest BCUT2D eigenvalue weighted by Crippen LogP contribution is -2.62. The first-order chi connectivity index (χ1) is 65.3. The van der Waals surface area contributed by atoms with Crippen molar-refractivity contribution in [1.29, 1.82) is 0 Å². The Morgan fingerprint density at radius 2 is 0.597 bits per heavy atom. The summed E-state index contributed by atoms with van der Waals surface area (Å²) < 4.78 is 106. The summed E-state index contributed by atoms with van der Waals surface area (Å²) in [7, 11) is 1.16. The van der Waals surface area contributed by atoms with Gasteiger partial charge in [0.05, 0.1) is 100 Å². The predicted molar refractivity (Wildman–Crippen MR) is 486 cm³/mol. The Morgan fingerprint density at radius 3 is 0.910 bits per heavy atom. The molecule has 3 N–H and O–H groups in total. The Hall–Kier alpha value is -12.4. The van der Waals surface area contributed by atoms with Crippen LogP contribution in [0.25, 0.3) is 0 Å². The van der Waals surface area contributed by atoms with Crippen LogP contribution in [0.15, 0.2) is 303 Å². The van der Waals surface area contributed by atoms with Gasteiger partial charge in [-0.25, -0.2) is 33.6 Å². The minimum absolute atomic E-state index is 0.0299. The van der Waals surface area contributed by atoms with Crippen molar-refractivity contribution in [3.63, 3.8) is 0 Å². The number of aliphatic hydroxyl groups is 3. The van der Waals surface area contributed by atoms with Gasteiger partial charge < -0.3 is 106 Å². The van der Waals surface area contributed by atoms with Crippen molar-refractivity contribution in [2.45, 2.75) is 166 Å². The number of ether oxygens (including phenoxy) is 17. The molecule has 4 aliphatic heterocycles. The lowest BCUT2D eigenvalue weighted by Gasteiger charge is -2.48. The van der Waals surface area contributed by atoms with Crippen LogP contribution in [0.2, 0.25) is 0 Å². The number of nitrogens with zero attached hydrogens (tertiary/aromatic N) is 2. The summed E-state index contributed by atoms with van der Waals surface area (Å²) in [5, 5.41) is 32.8. The number of hydrogen-bond donors (Lipinski definition) is 3. The van der Waals surface area contributed by atoms with E-state index in [9.17, 15) is 48.9 Å². The molecule has 4 saturated heterocycles. The molecular weight excluding hydrogens is 1720 g/mol. The van der Waals surface area contributed by atoms with Gasteiger partial charge in [0.2, 0.25) is 0 Å². The highest BCUT2D eigenvalue weighted by atomic mass is 16.8. The van der Waals surface area contributed by atoms with Gasteiger partial charge in [0.15, 0.2) is 55.7 Å². The highest BCUT2D eigenvalue weighted by molar-refractivity contribution is 5.91. The number of methoxy groups -OCH3 is 1. The van der Waals surface area contributed by atoms with E-state index in [2.05, 4.69) is 0 Å². The summed E-state index contributed by atoms with van der Waals surface area (Å²) in [4.78, 5) is 98.2. The van der Waals surface area contributed by atoms with E-state index in [0.717, 1.165) is 40.5 Å². The maximum atomic E-state index is 13.9. The maximum absolute atomic E-state index is 13.9. The van der Waals surface area contributed by atoms with Crippen molar-refractivity contribution in [3.8, 4) is 0 Å². The van der Waals surface area contributed by atoms with Crippen LogP contribution < -0.4 is 0 Å². The Morgan fingerprint density at radius 1 is 0.321 bits per heavy atom. The minimum atomic E-state index is -1.51. The zero-order chi connectivity index (χ0) is 94.1. The zero-order valence-electron chi connectivity index (χ0n) is 75.1. The average Bonchev–Trinajstić information content (AvgIpc) is 0.768. The summed E-state index contributed by atoms with van der Waals surface area (Å²) in [5.74, 6) is -6.68. The van der Waals surface area contributed by atoms with Gasteiger partial charge in [-0.3, -0.25) is 0 Å². The van der Waals surface area contributed by atoms with Crippen molar-refractivity contribution < 1.29 is 129 Å². The third-order valence-electron chi connectivity index (χ3n) is 23.5.